The zero-order valence-electron chi connectivity index (χ0n) is 23.2. The molecule has 2 saturated heterocycles. The molecule has 2 aliphatic heterocycles. The van der Waals surface area contributed by atoms with E-state index >= 15 is 0 Å². The van der Waals surface area contributed by atoms with E-state index in [1.54, 1.807) is 6.20 Å². The Hall–Kier alpha value is -3.49. The summed E-state index contributed by atoms with van der Waals surface area (Å²) in [7, 11) is 0. The average molecular weight is 545 g/mol. The molecule has 0 radical (unpaired) electrons. The maximum absolute atomic E-state index is 10.2. The van der Waals surface area contributed by atoms with E-state index < -0.39 is 6.10 Å². The van der Waals surface area contributed by atoms with E-state index in [-0.39, 0.29) is 12.0 Å². The summed E-state index contributed by atoms with van der Waals surface area (Å²) in [6.07, 6.45) is 1.64. The minimum Gasteiger partial charge on any atom is -0.393 e. The Morgan fingerprint density at radius 3 is 2.65 bits per heavy atom. The fraction of sp³-hybridized carbons (Fsp3) is 0.500. The summed E-state index contributed by atoms with van der Waals surface area (Å²) in [5.41, 5.74) is 2.24. The molecule has 4 N–H and O–H groups in total. The second kappa shape index (κ2) is 13.2. The van der Waals surface area contributed by atoms with Gasteiger partial charge in [0.2, 0.25) is 0 Å². The van der Waals surface area contributed by atoms with Gasteiger partial charge in [-0.15, -0.1) is 0 Å². The lowest BCUT2D eigenvalue weighted by molar-refractivity contribution is 0.139. The van der Waals surface area contributed by atoms with Crippen molar-refractivity contribution in [3.63, 3.8) is 0 Å². The molecule has 0 spiro atoms. The molecule has 5 rings (SSSR count). The van der Waals surface area contributed by atoms with Gasteiger partial charge in [0.05, 0.1) is 23.3 Å². The molecule has 3 aromatic rings. The van der Waals surface area contributed by atoms with E-state index in [2.05, 4.69) is 48.5 Å². The molecule has 1 aromatic carbocycles. The number of nitrogens with one attached hydrogen (secondary N) is 2. The summed E-state index contributed by atoms with van der Waals surface area (Å²) in [4.78, 5) is 16.3. The van der Waals surface area contributed by atoms with Crippen molar-refractivity contribution in [1.82, 2.24) is 20.2 Å². The number of rotatable bonds is 9. The highest BCUT2D eigenvalue weighted by molar-refractivity contribution is 5.94. The minimum atomic E-state index is -0.395. The number of aromatic nitrogens is 2. The van der Waals surface area contributed by atoms with Crippen molar-refractivity contribution in [2.75, 3.05) is 80.6 Å². The summed E-state index contributed by atoms with van der Waals surface area (Å²) in [5, 5.41) is 37.6. The Morgan fingerprint density at radius 1 is 1.07 bits per heavy atom. The Kier molecular flexibility index (Phi) is 9.29. The first-order valence-electron chi connectivity index (χ1n) is 14.3. The van der Waals surface area contributed by atoms with Gasteiger partial charge in [0.15, 0.2) is 0 Å². The molecule has 0 aliphatic carbocycles. The molecule has 4 heterocycles. The van der Waals surface area contributed by atoms with Gasteiger partial charge in [0.1, 0.15) is 17.7 Å². The monoisotopic (exact) mass is 544 g/mol. The molecule has 3 atom stereocenters. The zero-order chi connectivity index (χ0) is 27.9. The molecule has 2 aromatic heterocycles. The van der Waals surface area contributed by atoms with Crippen molar-refractivity contribution in [3.8, 4) is 6.07 Å². The number of hydrogen-bond donors (Lipinski definition) is 4. The number of nitrogens with zero attached hydrogens (tertiary/aromatic N) is 6. The quantitative estimate of drug-likeness (QED) is 0.318. The third kappa shape index (κ3) is 6.98. The van der Waals surface area contributed by atoms with Gasteiger partial charge in [-0.25, -0.2) is 4.98 Å². The third-order valence-electron chi connectivity index (χ3n) is 7.77. The van der Waals surface area contributed by atoms with Gasteiger partial charge in [-0.3, -0.25) is 9.88 Å². The summed E-state index contributed by atoms with van der Waals surface area (Å²) in [6, 6.07) is 16.0. The lowest BCUT2D eigenvalue weighted by Gasteiger charge is -2.37. The van der Waals surface area contributed by atoms with Gasteiger partial charge in [-0.2, -0.15) is 5.26 Å². The first-order valence-corrected chi connectivity index (χ1v) is 14.3. The fourth-order valence-corrected chi connectivity index (χ4v) is 5.77. The third-order valence-corrected chi connectivity index (χ3v) is 7.77. The van der Waals surface area contributed by atoms with Crippen molar-refractivity contribution in [3.05, 3.63) is 54.2 Å². The lowest BCUT2D eigenvalue weighted by atomic mass is 10.00. The van der Waals surface area contributed by atoms with Crippen molar-refractivity contribution >= 4 is 28.2 Å². The maximum Gasteiger partial charge on any atom is 0.131 e. The van der Waals surface area contributed by atoms with E-state index in [4.69, 9.17) is 4.98 Å². The molecule has 40 heavy (non-hydrogen) atoms. The molecule has 0 bridgehead atoms. The van der Waals surface area contributed by atoms with Gasteiger partial charge in [-0.1, -0.05) is 6.07 Å². The Labute approximate surface area is 236 Å². The highest BCUT2D eigenvalue weighted by Crippen LogP contribution is 2.26. The molecule has 2 fully saturated rings. The number of aliphatic hydroxyl groups excluding tert-OH is 2. The predicted molar refractivity (Wildman–Crippen MR) is 159 cm³/mol. The number of β-amino-alcohol motifs (C(OH)–C–C–N with tert-alkyl or cyclic N) is 1. The van der Waals surface area contributed by atoms with Crippen LogP contribution in [0.5, 0.6) is 0 Å². The normalized spacial score (nSPS) is 20.1. The predicted octanol–water partition coefficient (Wildman–Crippen LogP) is 1.89. The maximum atomic E-state index is 10.2. The Bertz CT molecular complexity index is 1300. The van der Waals surface area contributed by atoms with Crippen molar-refractivity contribution < 1.29 is 10.2 Å². The molecule has 0 amide bonds. The van der Waals surface area contributed by atoms with Gasteiger partial charge in [0, 0.05) is 82.7 Å². The van der Waals surface area contributed by atoms with E-state index in [1.165, 1.54) is 0 Å². The van der Waals surface area contributed by atoms with Crippen LogP contribution >= 0.6 is 0 Å². The molecule has 10 heteroatoms. The number of nitriles is 1. The largest absolute Gasteiger partial charge is 0.393 e. The van der Waals surface area contributed by atoms with Crippen LogP contribution in [0.3, 0.4) is 0 Å². The van der Waals surface area contributed by atoms with Crippen molar-refractivity contribution in [2.45, 2.75) is 25.6 Å². The van der Waals surface area contributed by atoms with Crippen molar-refractivity contribution in [1.29, 1.82) is 5.26 Å². The fourth-order valence-electron chi connectivity index (χ4n) is 5.77. The van der Waals surface area contributed by atoms with E-state index in [9.17, 15) is 15.5 Å². The van der Waals surface area contributed by atoms with Gasteiger partial charge in [0.25, 0.3) is 0 Å². The highest BCUT2D eigenvalue weighted by atomic mass is 16.3. The standard InChI is InChI=1S/C30H40N8O2/c1-22(39)16-23(18-34-27-8-7-24(17-31)30-26(27)4-3-9-33-30)20-36-12-14-37(15-13-36)28-5-2-6-29(35-28)38-11-10-32-19-25(40)21-38/h2-9,22-23,25,32,34,39-40H,10-16,18-21H2,1H3. The first-order chi connectivity index (χ1) is 19.5. The number of hydrogen-bond acceptors (Lipinski definition) is 10. The topological polar surface area (TPSA) is 124 Å². The molecular formula is C30H40N8O2. The summed E-state index contributed by atoms with van der Waals surface area (Å²) in [6.45, 7) is 9.97. The summed E-state index contributed by atoms with van der Waals surface area (Å²) >= 11 is 0. The smallest absolute Gasteiger partial charge is 0.131 e. The summed E-state index contributed by atoms with van der Waals surface area (Å²) in [5.74, 6) is 2.15. The Balaban J connectivity index is 1.19. The molecule has 0 saturated carbocycles. The summed E-state index contributed by atoms with van der Waals surface area (Å²) < 4.78 is 0. The van der Waals surface area contributed by atoms with E-state index in [1.807, 2.05) is 37.3 Å². The second-order valence-corrected chi connectivity index (χ2v) is 10.9. The van der Waals surface area contributed by atoms with Gasteiger partial charge in [-0.05, 0) is 55.7 Å². The van der Waals surface area contributed by atoms with Gasteiger partial charge >= 0.3 is 0 Å². The van der Waals surface area contributed by atoms with Crippen LogP contribution in [-0.4, -0.2) is 103 Å². The lowest BCUT2D eigenvalue weighted by Crippen LogP contribution is -2.49. The van der Waals surface area contributed by atoms with Crippen LogP contribution in [0.15, 0.2) is 48.7 Å². The van der Waals surface area contributed by atoms with Crippen LogP contribution in [0.4, 0.5) is 17.3 Å². The zero-order valence-corrected chi connectivity index (χ0v) is 23.2. The van der Waals surface area contributed by atoms with Crippen LogP contribution in [0.25, 0.3) is 10.9 Å². The van der Waals surface area contributed by atoms with Crippen LogP contribution < -0.4 is 20.4 Å². The highest BCUT2D eigenvalue weighted by Gasteiger charge is 2.23. The molecule has 10 nitrogen and oxygen atoms in total. The molecule has 212 valence electrons. The number of anilines is 3. The SMILES string of the molecule is CC(O)CC(CNc1ccc(C#N)c2ncccc12)CN1CCN(c2cccc(N3CCNCC(O)C3)n2)CC1. The molecular weight excluding hydrogens is 504 g/mol. The van der Waals surface area contributed by atoms with Gasteiger partial charge < -0.3 is 30.6 Å². The van der Waals surface area contributed by atoms with Crippen LogP contribution in [0.2, 0.25) is 0 Å². The minimum absolute atomic E-state index is 0.262. The molecule has 3 unspecified atom stereocenters. The van der Waals surface area contributed by atoms with Crippen molar-refractivity contribution in [2.24, 2.45) is 5.92 Å². The number of pyridine rings is 2. The van der Waals surface area contributed by atoms with E-state index in [0.29, 0.717) is 30.6 Å². The Morgan fingerprint density at radius 2 is 1.88 bits per heavy atom. The average Bonchev–Trinajstić information content (AvgIpc) is 3.20. The first kappa shape index (κ1) is 28.1. The second-order valence-electron chi connectivity index (χ2n) is 10.9. The number of piperazine rings is 1. The van der Waals surface area contributed by atoms with Crippen LogP contribution in [0.1, 0.15) is 18.9 Å². The van der Waals surface area contributed by atoms with Crippen LogP contribution in [-0.2, 0) is 0 Å². The molecule has 2 aliphatic rings. The van der Waals surface area contributed by atoms with E-state index in [0.717, 1.165) is 75.1 Å². The number of aliphatic hydroxyl groups is 2. The number of fused-ring (bicyclic) bond motifs is 1. The van der Waals surface area contributed by atoms with Crippen LogP contribution in [0, 0.1) is 17.2 Å². The number of benzene rings is 1.